The molecule has 2 saturated heterocycles. The van der Waals surface area contributed by atoms with Crippen molar-refractivity contribution in [3.63, 3.8) is 0 Å². The fraction of sp³-hybridized carbons (Fsp3) is 0.381. The Morgan fingerprint density at radius 2 is 2.07 bits per heavy atom. The molecule has 2 unspecified atom stereocenters. The maximum absolute atomic E-state index is 10.4. The van der Waals surface area contributed by atoms with Crippen molar-refractivity contribution in [2.75, 3.05) is 7.11 Å². The third-order valence-electron chi connectivity index (χ3n) is 5.77. The minimum absolute atomic E-state index is 0.106. The van der Waals surface area contributed by atoms with E-state index >= 15 is 0 Å². The molecule has 5 rings (SSSR count). The average molecular weight is 393 g/mol. The van der Waals surface area contributed by atoms with E-state index in [9.17, 15) is 5.11 Å². The molecule has 0 amide bonds. The fourth-order valence-electron chi connectivity index (χ4n) is 4.37. The van der Waals surface area contributed by atoms with Gasteiger partial charge in [-0.05, 0) is 31.0 Å². The smallest absolute Gasteiger partial charge is 0.233 e. The second-order valence-corrected chi connectivity index (χ2v) is 7.62. The Balaban J connectivity index is 1.28. The Bertz CT molecular complexity index is 976. The zero-order valence-corrected chi connectivity index (χ0v) is 16.1. The van der Waals surface area contributed by atoms with Crippen LogP contribution in [0.4, 0.5) is 0 Å². The van der Waals surface area contributed by atoms with Crippen molar-refractivity contribution in [2.24, 2.45) is 0 Å². The molecule has 29 heavy (non-hydrogen) atoms. The molecular formula is C21H23N5O3. The molecular weight excluding hydrogens is 370 g/mol. The summed E-state index contributed by atoms with van der Waals surface area (Å²) in [4.78, 5) is 4.02. The van der Waals surface area contributed by atoms with Gasteiger partial charge < -0.3 is 24.5 Å². The van der Waals surface area contributed by atoms with Crippen molar-refractivity contribution >= 4 is 0 Å². The minimum atomic E-state index is 0.106. The van der Waals surface area contributed by atoms with Crippen LogP contribution < -0.4 is 10.1 Å². The largest absolute Gasteiger partial charge is 0.507 e. The van der Waals surface area contributed by atoms with E-state index < -0.39 is 0 Å². The summed E-state index contributed by atoms with van der Waals surface area (Å²) < 4.78 is 13.5. The molecule has 2 aromatic heterocycles. The lowest BCUT2D eigenvalue weighted by Crippen LogP contribution is -2.45. The van der Waals surface area contributed by atoms with E-state index in [1.165, 1.54) is 0 Å². The van der Waals surface area contributed by atoms with Gasteiger partial charge in [-0.25, -0.2) is 4.98 Å². The lowest BCUT2D eigenvalue weighted by Gasteiger charge is -2.29. The zero-order chi connectivity index (χ0) is 19.8. The monoisotopic (exact) mass is 393 g/mol. The number of aromatic nitrogens is 4. The molecule has 2 N–H and O–H groups in total. The third-order valence-corrected chi connectivity index (χ3v) is 5.77. The Kier molecular flexibility index (Phi) is 4.65. The third kappa shape index (κ3) is 3.56. The zero-order valence-electron chi connectivity index (χ0n) is 16.1. The molecule has 4 heterocycles. The second kappa shape index (κ2) is 7.46. The van der Waals surface area contributed by atoms with Crippen molar-refractivity contribution < 1.29 is 14.6 Å². The molecule has 2 aliphatic rings. The van der Waals surface area contributed by atoms with Gasteiger partial charge in [0.05, 0.1) is 23.8 Å². The Morgan fingerprint density at radius 3 is 2.79 bits per heavy atom. The van der Waals surface area contributed by atoms with Crippen LogP contribution in [0.3, 0.4) is 0 Å². The summed E-state index contributed by atoms with van der Waals surface area (Å²) in [5.41, 5.74) is 2.04. The number of ether oxygens (including phenoxy) is 2. The Labute approximate surface area is 168 Å². The molecule has 8 heteroatoms. The number of nitrogens with zero attached hydrogens (tertiary/aromatic N) is 4. The number of nitrogens with one attached hydrogen (secondary N) is 1. The summed E-state index contributed by atoms with van der Waals surface area (Å²) >= 11 is 0. The Hall–Kier alpha value is -2.97. The van der Waals surface area contributed by atoms with Gasteiger partial charge in [0.25, 0.3) is 0 Å². The molecule has 2 bridgehead atoms. The number of fused-ring (bicyclic) bond motifs is 2. The van der Waals surface area contributed by atoms with E-state index in [0.717, 1.165) is 24.9 Å². The summed E-state index contributed by atoms with van der Waals surface area (Å²) in [7, 11) is 1.77. The van der Waals surface area contributed by atoms with E-state index in [2.05, 4.69) is 20.5 Å². The highest BCUT2D eigenvalue weighted by Gasteiger charge is 2.41. The topological polar surface area (TPSA) is 94.3 Å². The molecule has 3 aromatic rings. The van der Waals surface area contributed by atoms with Gasteiger partial charge >= 0.3 is 0 Å². The van der Waals surface area contributed by atoms with Crippen molar-refractivity contribution in [2.45, 2.75) is 43.6 Å². The molecule has 2 aliphatic heterocycles. The number of phenolic OH excluding ortho intramolecular Hbond substituents is 1. The fourth-order valence-corrected chi connectivity index (χ4v) is 4.37. The maximum Gasteiger partial charge on any atom is 0.233 e. The molecule has 0 spiro atoms. The number of hydrogen-bond donors (Lipinski definition) is 2. The molecule has 4 atom stereocenters. The van der Waals surface area contributed by atoms with E-state index in [1.54, 1.807) is 25.7 Å². The van der Waals surface area contributed by atoms with E-state index in [-0.39, 0.29) is 18.0 Å². The predicted octanol–water partition coefficient (Wildman–Crippen LogP) is 2.32. The Morgan fingerprint density at radius 1 is 1.14 bits per heavy atom. The van der Waals surface area contributed by atoms with Gasteiger partial charge in [-0.2, -0.15) is 0 Å². The highest BCUT2D eigenvalue weighted by Crippen LogP contribution is 2.32. The van der Waals surface area contributed by atoms with Gasteiger partial charge in [-0.3, -0.25) is 0 Å². The first-order valence-electron chi connectivity index (χ1n) is 9.80. The number of phenols is 1. The van der Waals surface area contributed by atoms with Crippen LogP contribution in [0.2, 0.25) is 0 Å². The van der Waals surface area contributed by atoms with Gasteiger partial charge in [-0.1, -0.05) is 0 Å². The van der Waals surface area contributed by atoms with Crippen LogP contribution in [-0.4, -0.2) is 56.3 Å². The number of rotatable bonds is 5. The maximum atomic E-state index is 10.4. The molecule has 0 radical (unpaired) electrons. The number of imidazole rings is 1. The van der Waals surface area contributed by atoms with Gasteiger partial charge in [0.15, 0.2) is 0 Å². The highest BCUT2D eigenvalue weighted by molar-refractivity contribution is 5.68. The van der Waals surface area contributed by atoms with Crippen LogP contribution in [-0.2, 0) is 4.74 Å². The molecule has 0 saturated carbocycles. The standard InChI is InChI=1S/C21H23N5O3/c1-28-20-9-13-8-15(11-18(20)23-13)29-21-5-4-17(24-25-21)16-3-2-14(10-19(16)27)26-7-6-22-12-26/h2-7,10,12-13,15,18,20,23,27H,8-9,11H2,1H3/t13?,15-,18?,20+/m0/s1. The lowest BCUT2D eigenvalue weighted by molar-refractivity contribution is 0.0716. The average Bonchev–Trinajstić information content (AvgIpc) is 3.36. The minimum Gasteiger partial charge on any atom is -0.507 e. The number of benzene rings is 1. The lowest BCUT2D eigenvalue weighted by atomic mass is 10.0. The number of piperidine rings is 1. The van der Waals surface area contributed by atoms with Crippen LogP contribution in [0.1, 0.15) is 19.3 Å². The summed E-state index contributed by atoms with van der Waals surface area (Å²) in [5, 5.41) is 22.5. The molecule has 2 fully saturated rings. The number of aromatic hydroxyl groups is 1. The van der Waals surface area contributed by atoms with Gasteiger partial charge in [0.2, 0.25) is 5.88 Å². The van der Waals surface area contributed by atoms with E-state index in [0.29, 0.717) is 29.2 Å². The summed E-state index contributed by atoms with van der Waals surface area (Å²) in [5.74, 6) is 0.642. The molecule has 150 valence electrons. The van der Waals surface area contributed by atoms with Crippen molar-refractivity contribution in [3.05, 3.63) is 49.1 Å². The number of hydrogen-bond acceptors (Lipinski definition) is 7. The highest BCUT2D eigenvalue weighted by atomic mass is 16.5. The van der Waals surface area contributed by atoms with Crippen LogP contribution in [0.15, 0.2) is 49.1 Å². The van der Waals surface area contributed by atoms with Crippen LogP contribution in [0.25, 0.3) is 16.9 Å². The van der Waals surface area contributed by atoms with E-state index in [1.807, 2.05) is 35.0 Å². The quantitative estimate of drug-likeness (QED) is 0.687. The summed E-state index contributed by atoms with van der Waals surface area (Å²) in [6.07, 6.45) is 8.43. The van der Waals surface area contributed by atoms with Crippen LogP contribution >= 0.6 is 0 Å². The number of methoxy groups -OCH3 is 1. The van der Waals surface area contributed by atoms with Crippen molar-refractivity contribution in [3.8, 4) is 28.6 Å². The molecule has 8 nitrogen and oxygen atoms in total. The summed E-state index contributed by atoms with van der Waals surface area (Å²) in [6, 6.07) is 9.80. The van der Waals surface area contributed by atoms with Crippen molar-refractivity contribution in [1.82, 2.24) is 25.1 Å². The first kappa shape index (κ1) is 18.1. The van der Waals surface area contributed by atoms with Crippen molar-refractivity contribution in [1.29, 1.82) is 0 Å². The van der Waals surface area contributed by atoms with Gasteiger partial charge in [-0.15, -0.1) is 10.2 Å². The van der Waals surface area contributed by atoms with E-state index in [4.69, 9.17) is 9.47 Å². The van der Waals surface area contributed by atoms with Gasteiger partial charge in [0, 0.05) is 55.7 Å². The SMILES string of the molecule is CO[C@@H]1CC2C[C@H](Oc3ccc(-c4ccc(-n5ccnc5)cc4O)nn3)CC1N2. The first-order valence-corrected chi connectivity index (χ1v) is 9.80. The van der Waals surface area contributed by atoms with Crippen LogP contribution in [0.5, 0.6) is 11.6 Å². The summed E-state index contributed by atoms with van der Waals surface area (Å²) in [6.45, 7) is 0. The normalized spacial score (nSPS) is 25.8. The second-order valence-electron chi connectivity index (χ2n) is 7.62. The van der Waals surface area contributed by atoms with Gasteiger partial charge in [0.1, 0.15) is 11.9 Å². The molecule has 1 aromatic carbocycles. The van der Waals surface area contributed by atoms with Crippen LogP contribution in [0, 0.1) is 0 Å². The molecule has 0 aliphatic carbocycles. The predicted molar refractivity (Wildman–Crippen MR) is 106 cm³/mol. The first-order chi connectivity index (χ1) is 14.2.